The van der Waals surface area contributed by atoms with Gasteiger partial charge in [0, 0.05) is 53.1 Å². The van der Waals surface area contributed by atoms with E-state index in [1.165, 1.54) is 12.3 Å². The molecule has 0 bridgehead atoms. The number of ether oxygens (including phenoxy) is 2. The molecule has 0 unspecified atom stereocenters. The van der Waals surface area contributed by atoms with Crippen molar-refractivity contribution in [3.8, 4) is 45.3 Å². The third kappa shape index (κ3) is 3.62. The quantitative estimate of drug-likeness (QED) is 0.471. The Balaban J connectivity index is 2.00. The number of hydrogen-bond donors (Lipinski definition) is 0. The average Bonchev–Trinajstić information content (AvgIpc) is 2.79. The maximum atomic E-state index is 13.4. The molecular weight excluding hydrogens is 371 g/mol. The van der Waals surface area contributed by atoms with Gasteiger partial charge in [-0.2, -0.15) is 4.39 Å². The van der Waals surface area contributed by atoms with E-state index in [1.54, 1.807) is 44.9 Å². The van der Waals surface area contributed by atoms with Gasteiger partial charge >= 0.3 is 0 Å². The predicted octanol–water partition coefficient (Wildman–Crippen LogP) is 4.42. The minimum absolute atomic E-state index is 0.458. The van der Waals surface area contributed by atoms with Gasteiger partial charge in [-0.15, -0.1) is 0 Å². The fourth-order valence-corrected chi connectivity index (χ4v) is 3.11. The summed E-state index contributed by atoms with van der Waals surface area (Å²) in [5, 5.41) is 0. The van der Waals surface area contributed by atoms with Crippen molar-refractivity contribution in [1.29, 1.82) is 0 Å². The lowest BCUT2D eigenvalue weighted by Crippen LogP contribution is -1.98. The second-order valence-electron chi connectivity index (χ2n) is 6.10. The number of aromatic nitrogens is 4. The van der Waals surface area contributed by atoms with E-state index in [0.717, 1.165) is 22.3 Å². The minimum Gasteiger partial charge on any atom is -0.481 e. The SMILES string of the molecule is COc1ccc(-c2ccnc(-c3ccc(F)nc3)c2-c2cccnc2OC)cn1. The van der Waals surface area contributed by atoms with E-state index in [-0.39, 0.29) is 0 Å². The van der Waals surface area contributed by atoms with Crippen LogP contribution in [-0.2, 0) is 0 Å². The molecule has 0 aliphatic heterocycles. The van der Waals surface area contributed by atoms with Crippen LogP contribution in [-0.4, -0.2) is 34.2 Å². The molecule has 0 atom stereocenters. The number of pyridine rings is 4. The van der Waals surface area contributed by atoms with Gasteiger partial charge in [-0.25, -0.2) is 15.0 Å². The van der Waals surface area contributed by atoms with Crippen molar-refractivity contribution in [1.82, 2.24) is 19.9 Å². The predicted molar refractivity (Wildman–Crippen MR) is 107 cm³/mol. The lowest BCUT2D eigenvalue weighted by atomic mass is 9.92. The molecule has 29 heavy (non-hydrogen) atoms. The first kappa shape index (κ1) is 18.5. The molecule has 4 aromatic rings. The zero-order valence-corrected chi connectivity index (χ0v) is 15.8. The molecule has 4 rings (SSSR count). The molecule has 0 N–H and O–H groups in total. The van der Waals surface area contributed by atoms with Crippen LogP contribution in [0.3, 0.4) is 0 Å². The van der Waals surface area contributed by atoms with E-state index in [1.807, 2.05) is 24.3 Å². The van der Waals surface area contributed by atoms with Gasteiger partial charge in [0.1, 0.15) is 0 Å². The molecule has 0 saturated carbocycles. The second kappa shape index (κ2) is 8.02. The fourth-order valence-electron chi connectivity index (χ4n) is 3.11. The van der Waals surface area contributed by atoms with E-state index in [4.69, 9.17) is 9.47 Å². The van der Waals surface area contributed by atoms with Crippen LogP contribution in [0.15, 0.2) is 67.3 Å². The second-order valence-corrected chi connectivity index (χ2v) is 6.10. The van der Waals surface area contributed by atoms with Crippen molar-refractivity contribution in [3.63, 3.8) is 0 Å². The summed E-state index contributed by atoms with van der Waals surface area (Å²) in [6.07, 6.45) is 6.55. The summed E-state index contributed by atoms with van der Waals surface area (Å²) < 4.78 is 24.0. The molecule has 4 heterocycles. The van der Waals surface area contributed by atoms with Crippen LogP contribution in [0, 0.1) is 5.95 Å². The fraction of sp³-hybridized carbons (Fsp3) is 0.0909. The standard InChI is InChI=1S/C22H17FN4O2/c1-28-19-8-6-14(12-27-19)16-9-11-24-21(15-5-7-18(23)26-13-15)20(16)17-4-3-10-25-22(17)29-2/h3-13H,1-2H3. The van der Waals surface area contributed by atoms with Crippen LogP contribution in [0.5, 0.6) is 11.8 Å². The van der Waals surface area contributed by atoms with Crippen molar-refractivity contribution in [2.24, 2.45) is 0 Å². The number of halogens is 1. The lowest BCUT2D eigenvalue weighted by molar-refractivity contribution is 0.398. The molecule has 0 spiro atoms. The molecule has 0 aliphatic rings. The zero-order chi connectivity index (χ0) is 20.2. The summed E-state index contributed by atoms with van der Waals surface area (Å²) in [7, 11) is 3.13. The molecular formula is C22H17FN4O2. The minimum atomic E-state index is -0.551. The molecule has 144 valence electrons. The number of methoxy groups -OCH3 is 2. The van der Waals surface area contributed by atoms with Gasteiger partial charge in [0.05, 0.1) is 19.9 Å². The van der Waals surface area contributed by atoms with Crippen molar-refractivity contribution in [3.05, 3.63) is 73.2 Å². The van der Waals surface area contributed by atoms with E-state index in [2.05, 4.69) is 19.9 Å². The summed E-state index contributed by atoms with van der Waals surface area (Å²) in [6, 6.07) is 12.3. The van der Waals surface area contributed by atoms with Gasteiger partial charge in [0.15, 0.2) is 0 Å². The summed E-state index contributed by atoms with van der Waals surface area (Å²) in [4.78, 5) is 17.0. The molecule has 0 radical (unpaired) electrons. The van der Waals surface area contributed by atoms with Crippen molar-refractivity contribution in [2.45, 2.75) is 0 Å². The molecule has 0 aliphatic carbocycles. The van der Waals surface area contributed by atoms with Crippen LogP contribution >= 0.6 is 0 Å². The van der Waals surface area contributed by atoms with Crippen molar-refractivity contribution >= 4 is 0 Å². The van der Waals surface area contributed by atoms with E-state index in [0.29, 0.717) is 23.0 Å². The summed E-state index contributed by atoms with van der Waals surface area (Å²) in [5.41, 5.74) is 4.60. The molecule has 0 saturated heterocycles. The first-order valence-corrected chi connectivity index (χ1v) is 8.82. The van der Waals surface area contributed by atoms with E-state index >= 15 is 0 Å². The van der Waals surface area contributed by atoms with Gasteiger partial charge in [-0.1, -0.05) is 0 Å². The van der Waals surface area contributed by atoms with Crippen LogP contribution in [0.25, 0.3) is 33.5 Å². The number of rotatable bonds is 5. The first-order valence-electron chi connectivity index (χ1n) is 8.82. The number of hydrogen-bond acceptors (Lipinski definition) is 6. The lowest BCUT2D eigenvalue weighted by Gasteiger charge is -2.16. The molecule has 6 nitrogen and oxygen atoms in total. The van der Waals surface area contributed by atoms with Crippen LogP contribution in [0.1, 0.15) is 0 Å². The maximum Gasteiger partial charge on any atom is 0.221 e. The highest BCUT2D eigenvalue weighted by atomic mass is 19.1. The highest BCUT2D eigenvalue weighted by molar-refractivity contribution is 5.93. The van der Waals surface area contributed by atoms with Crippen LogP contribution in [0.2, 0.25) is 0 Å². The van der Waals surface area contributed by atoms with E-state index < -0.39 is 5.95 Å². The van der Waals surface area contributed by atoms with Gasteiger partial charge in [-0.3, -0.25) is 4.98 Å². The van der Waals surface area contributed by atoms with Gasteiger partial charge in [0.25, 0.3) is 0 Å². The third-order valence-electron chi connectivity index (χ3n) is 4.44. The Hall–Kier alpha value is -3.87. The van der Waals surface area contributed by atoms with Gasteiger partial charge in [-0.05, 0) is 42.0 Å². The topological polar surface area (TPSA) is 70.0 Å². The van der Waals surface area contributed by atoms with Crippen molar-refractivity contribution in [2.75, 3.05) is 14.2 Å². The molecule has 0 fully saturated rings. The average molecular weight is 388 g/mol. The van der Waals surface area contributed by atoms with Crippen LogP contribution in [0.4, 0.5) is 4.39 Å². The maximum absolute atomic E-state index is 13.4. The largest absolute Gasteiger partial charge is 0.481 e. The summed E-state index contributed by atoms with van der Waals surface area (Å²) >= 11 is 0. The van der Waals surface area contributed by atoms with E-state index in [9.17, 15) is 4.39 Å². The Morgan fingerprint density at radius 3 is 2.24 bits per heavy atom. The summed E-state index contributed by atoms with van der Waals surface area (Å²) in [5.74, 6) is 0.426. The number of nitrogens with zero attached hydrogens (tertiary/aromatic N) is 4. The van der Waals surface area contributed by atoms with Gasteiger partial charge in [0.2, 0.25) is 17.7 Å². The highest BCUT2D eigenvalue weighted by Crippen LogP contribution is 2.41. The monoisotopic (exact) mass is 388 g/mol. The molecule has 0 amide bonds. The summed E-state index contributed by atoms with van der Waals surface area (Å²) in [6.45, 7) is 0. The Labute approximate surface area is 167 Å². The molecule has 0 aromatic carbocycles. The smallest absolute Gasteiger partial charge is 0.221 e. The van der Waals surface area contributed by atoms with Crippen LogP contribution < -0.4 is 9.47 Å². The molecule has 4 aromatic heterocycles. The van der Waals surface area contributed by atoms with Crippen molar-refractivity contribution < 1.29 is 13.9 Å². The van der Waals surface area contributed by atoms with Gasteiger partial charge < -0.3 is 9.47 Å². The highest BCUT2D eigenvalue weighted by Gasteiger charge is 2.19. The first-order chi connectivity index (χ1) is 14.2. The Kier molecular flexibility index (Phi) is 5.11. The molecule has 7 heteroatoms. The third-order valence-corrected chi connectivity index (χ3v) is 4.44. The normalized spacial score (nSPS) is 10.6. The Morgan fingerprint density at radius 2 is 1.55 bits per heavy atom. The zero-order valence-electron chi connectivity index (χ0n) is 15.8. The Bertz CT molecular complexity index is 1130. The Morgan fingerprint density at radius 1 is 0.724 bits per heavy atom.